The quantitative estimate of drug-likeness (QED) is 0.837. The van der Waals surface area contributed by atoms with Gasteiger partial charge in [-0.2, -0.15) is 0 Å². The van der Waals surface area contributed by atoms with Crippen molar-refractivity contribution in [3.8, 4) is 5.75 Å². The highest BCUT2D eigenvalue weighted by molar-refractivity contribution is 5.59. The molecule has 0 bridgehead atoms. The highest BCUT2D eigenvalue weighted by atomic mass is 16.5. The SMILES string of the molecule is Nc1ccc(CN2CCCOc3ccccc32)cc1. The first-order valence-electron chi connectivity index (χ1n) is 6.64. The van der Waals surface area contributed by atoms with E-state index in [1.54, 1.807) is 0 Å². The lowest BCUT2D eigenvalue weighted by Crippen LogP contribution is -2.23. The van der Waals surface area contributed by atoms with Gasteiger partial charge < -0.3 is 15.4 Å². The number of para-hydroxylation sites is 2. The van der Waals surface area contributed by atoms with Crippen LogP contribution in [-0.4, -0.2) is 13.2 Å². The number of fused-ring (bicyclic) bond motifs is 1. The maximum Gasteiger partial charge on any atom is 0.142 e. The van der Waals surface area contributed by atoms with Crippen LogP contribution in [0.1, 0.15) is 12.0 Å². The minimum atomic E-state index is 0.787. The van der Waals surface area contributed by atoms with Gasteiger partial charge in [-0.1, -0.05) is 24.3 Å². The fourth-order valence-corrected chi connectivity index (χ4v) is 2.41. The minimum absolute atomic E-state index is 0.787. The van der Waals surface area contributed by atoms with Crippen LogP contribution in [0.4, 0.5) is 11.4 Å². The van der Waals surface area contributed by atoms with Crippen LogP contribution in [0.2, 0.25) is 0 Å². The lowest BCUT2D eigenvalue weighted by molar-refractivity contribution is 0.322. The number of nitrogens with zero attached hydrogens (tertiary/aromatic N) is 1. The van der Waals surface area contributed by atoms with E-state index in [1.165, 1.54) is 11.3 Å². The van der Waals surface area contributed by atoms with Crippen LogP contribution in [0.3, 0.4) is 0 Å². The molecule has 0 spiro atoms. The Morgan fingerprint density at radius 2 is 1.84 bits per heavy atom. The molecule has 3 rings (SSSR count). The van der Waals surface area contributed by atoms with Crippen molar-refractivity contribution in [2.45, 2.75) is 13.0 Å². The Hall–Kier alpha value is -2.16. The van der Waals surface area contributed by atoms with Crippen molar-refractivity contribution in [3.05, 3.63) is 54.1 Å². The topological polar surface area (TPSA) is 38.5 Å². The highest BCUT2D eigenvalue weighted by Crippen LogP contribution is 2.31. The minimum Gasteiger partial charge on any atom is -0.491 e. The Kier molecular flexibility index (Phi) is 3.27. The summed E-state index contributed by atoms with van der Waals surface area (Å²) in [5, 5.41) is 0. The molecule has 0 aromatic heterocycles. The first-order chi connectivity index (χ1) is 9.33. The van der Waals surface area contributed by atoms with Gasteiger partial charge in [0.1, 0.15) is 5.75 Å². The van der Waals surface area contributed by atoms with Crippen LogP contribution in [0.5, 0.6) is 5.75 Å². The van der Waals surface area contributed by atoms with E-state index in [1.807, 2.05) is 24.3 Å². The second-order valence-electron chi connectivity index (χ2n) is 4.83. The summed E-state index contributed by atoms with van der Waals surface area (Å²) in [7, 11) is 0. The van der Waals surface area contributed by atoms with Gasteiger partial charge in [0.15, 0.2) is 0 Å². The van der Waals surface area contributed by atoms with Gasteiger partial charge in [-0.25, -0.2) is 0 Å². The molecule has 1 aliphatic rings. The van der Waals surface area contributed by atoms with E-state index in [9.17, 15) is 0 Å². The molecular weight excluding hydrogens is 236 g/mol. The first-order valence-corrected chi connectivity index (χ1v) is 6.64. The van der Waals surface area contributed by atoms with Gasteiger partial charge in [0.25, 0.3) is 0 Å². The average molecular weight is 254 g/mol. The van der Waals surface area contributed by atoms with Gasteiger partial charge >= 0.3 is 0 Å². The van der Waals surface area contributed by atoms with Gasteiger partial charge in [0.2, 0.25) is 0 Å². The second-order valence-corrected chi connectivity index (χ2v) is 4.83. The molecule has 0 fully saturated rings. The van der Waals surface area contributed by atoms with E-state index in [2.05, 4.69) is 29.2 Å². The summed E-state index contributed by atoms with van der Waals surface area (Å²) in [4.78, 5) is 2.37. The van der Waals surface area contributed by atoms with E-state index >= 15 is 0 Å². The molecule has 98 valence electrons. The summed E-state index contributed by atoms with van der Waals surface area (Å²) in [5.41, 5.74) is 8.98. The van der Waals surface area contributed by atoms with E-state index in [0.717, 1.165) is 37.6 Å². The molecule has 3 nitrogen and oxygen atoms in total. The zero-order chi connectivity index (χ0) is 13.1. The molecule has 0 radical (unpaired) electrons. The Balaban J connectivity index is 1.86. The molecule has 2 aromatic rings. The third-order valence-corrected chi connectivity index (χ3v) is 3.39. The first kappa shape index (κ1) is 11.9. The maximum absolute atomic E-state index is 5.77. The third-order valence-electron chi connectivity index (χ3n) is 3.39. The number of nitrogens with two attached hydrogens (primary N) is 1. The number of hydrogen-bond acceptors (Lipinski definition) is 3. The van der Waals surface area contributed by atoms with Gasteiger partial charge in [-0.05, 0) is 36.2 Å². The summed E-state index contributed by atoms with van der Waals surface area (Å²) >= 11 is 0. The lowest BCUT2D eigenvalue weighted by Gasteiger charge is -2.23. The van der Waals surface area contributed by atoms with E-state index < -0.39 is 0 Å². The van der Waals surface area contributed by atoms with Crippen LogP contribution < -0.4 is 15.4 Å². The monoisotopic (exact) mass is 254 g/mol. The van der Waals surface area contributed by atoms with E-state index in [-0.39, 0.29) is 0 Å². The summed E-state index contributed by atoms with van der Waals surface area (Å²) in [6.07, 6.45) is 1.05. The molecule has 1 heterocycles. The molecule has 0 saturated heterocycles. The van der Waals surface area contributed by atoms with E-state index in [0.29, 0.717) is 0 Å². The largest absolute Gasteiger partial charge is 0.491 e. The molecule has 0 unspecified atom stereocenters. The normalized spacial score (nSPS) is 14.4. The van der Waals surface area contributed by atoms with Crippen molar-refractivity contribution in [2.24, 2.45) is 0 Å². The fourth-order valence-electron chi connectivity index (χ4n) is 2.41. The molecule has 2 N–H and O–H groups in total. The van der Waals surface area contributed by atoms with Gasteiger partial charge in [-0.3, -0.25) is 0 Å². The smallest absolute Gasteiger partial charge is 0.142 e. The molecule has 0 saturated carbocycles. The predicted octanol–water partition coefficient (Wildman–Crippen LogP) is 3.06. The molecule has 3 heteroatoms. The number of rotatable bonds is 2. The molecular formula is C16H18N2O. The standard InChI is InChI=1S/C16H18N2O/c17-14-8-6-13(7-9-14)12-18-10-3-11-19-16-5-2-1-4-15(16)18/h1-2,4-9H,3,10-12,17H2. The summed E-state index contributed by atoms with van der Waals surface area (Å²) in [6, 6.07) is 16.3. The van der Waals surface area contributed by atoms with Crippen LogP contribution in [0, 0.1) is 0 Å². The molecule has 0 aliphatic carbocycles. The average Bonchev–Trinajstić information content (AvgIpc) is 2.64. The lowest BCUT2D eigenvalue weighted by atomic mass is 10.1. The zero-order valence-corrected chi connectivity index (χ0v) is 10.9. The Morgan fingerprint density at radius 1 is 1.05 bits per heavy atom. The van der Waals surface area contributed by atoms with Gasteiger partial charge in [0, 0.05) is 18.8 Å². The highest BCUT2D eigenvalue weighted by Gasteiger charge is 2.15. The van der Waals surface area contributed by atoms with E-state index in [4.69, 9.17) is 10.5 Å². The fraction of sp³-hybridized carbons (Fsp3) is 0.250. The molecule has 0 atom stereocenters. The molecule has 1 aliphatic heterocycles. The van der Waals surface area contributed by atoms with Crippen LogP contribution in [0.15, 0.2) is 48.5 Å². The van der Waals surface area contributed by atoms with Crippen LogP contribution >= 0.6 is 0 Å². The molecule has 2 aromatic carbocycles. The number of anilines is 2. The molecule has 0 amide bonds. The van der Waals surface area contributed by atoms with Crippen molar-refractivity contribution in [3.63, 3.8) is 0 Å². The zero-order valence-electron chi connectivity index (χ0n) is 10.9. The number of hydrogen-bond donors (Lipinski definition) is 1. The molecule has 19 heavy (non-hydrogen) atoms. The summed E-state index contributed by atoms with van der Waals surface area (Å²) < 4.78 is 5.77. The Bertz CT molecular complexity index is 551. The van der Waals surface area contributed by atoms with Crippen molar-refractivity contribution in [2.75, 3.05) is 23.8 Å². The van der Waals surface area contributed by atoms with Crippen molar-refractivity contribution in [1.29, 1.82) is 0 Å². The number of ether oxygens (including phenoxy) is 1. The Labute approximate surface area is 113 Å². The van der Waals surface area contributed by atoms with Gasteiger partial charge in [-0.15, -0.1) is 0 Å². The maximum atomic E-state index is 5.77. The summed E-state index contributed by atoms with van der Waals surface area (Å²) in [6.45, 7) is 2.69. The Morgan fingerprint density at radius 3 is 2.68 bits per heavy atom. The summed E-state index contributed by atoms with van der Waals surface area (Å²) in [5.74, 6) is 0.982. The second kappa shape index (κ2) is 5.22. The third kappa shape index (κ3) is 2.65. The predicted molar refractivity (Wildman–Crippen MR) is 78.5 cm³/mol. The van der Waals surface area contributed by atoms with Crippen molar-refractivity contribution in [1.82, 2.24) is 0 Å². The number of nitrogen functional groups attached to an aromatic ring is 1. The number of benzene rings is 2. The van der Waals surface area contributed by atoms with Crippen LogP contribution in [0.25, 0.3) is 0 Å². The van der Waals surface area contributed by atoms with Gasteiger partial charge in [0.05, 0.1) is 12.3 Å². The van der Waals surface area contributed by atoms with Crippen molar-refractivity contribution >= 4 is 11.4 Å². The van der Waals surface area contributed by atoms with Crippen molar-refractivity contribution < 1.29 is 4.74 Å². The van der Waals surface area contributed by atoms with Crippen LogP contribution in [-0.2, 0) is 6.54 Å².